The molecule has 5 atom stereocenters. The Hall–Kier alpha value is -7.17. The predicted molar refractivity (Wildman–Crippen MR) is 277 cm³/mol. The van der Waals surface area contributed by atoms with Gasteiger partial charge >= 0.3 is 0 Å². The molecule has 8 aromatic rings. The first-order valence-corrected chi connectivity index (χ1v) is 25.5. The molecule has 1 aromatic heterocycles. The third-order valence-corrected chi connectivity index (χ3v) is 18.3. The number of para-hydroxylation sites is 2. The van der Waals surface area contributed by atoms with Crippen LogP contribution >= 0.6 is 0 Å². The van der Waals surface area contributed by atoms with Crippen LogP contribution < -0.4 is 4.74 Å². The predicted octanol–water partition coefficient (Wildman–Crippen LogP) is 15.8. The van der Waals surface area contributed by atoms with Crippen LogP contribution in [0, 0.1) is 29.1 Å². The molecule has 1 aliphatic heterocycles. The van der Waals surface area contributed by atoms with E-state index in [0.29, 0.717) is 23.0 Å². The summed E-state index contributed by atoms with van der Waals surface area (Å²) < 4.78 is 6.62. The monoisotopic (exact) mass is 891 g/mol. The Morgan fingerprint density at radius 2 is 1.12 bits per heavy atom. The topological polar surface area (TPSA) is 47.9 Å². The van der Waals surface area contributed by atoms with E-state index in [0.717, 1.165) is 63.8 Å². The summed E-state index contributed by atoms with van der Waals surface area (Å²) in [6.45, 7) is 4.68. The number of benzene rings is 7. The highest BCUT2D eigenvalue weighted by molar-refractivity contribution is 5.97. The van der Waals surface area contributed by atoms with Crippen molar-refractivity contribution in [2.24, 2.45) is 29.1 Å². The third-order valence-electron chi connectivity index (χ3n) is 18.3. The van der Waals surface area contributed by atoms with E-state index < -0.39 is 5.41 Å². The van der Waals surface area contributed by atoms with Crippen LogP contribution in [0.3, 0.4) is 0 Å². The molecule has 1 spiro atoms. The highest BCUT2D eigenvalue weighted by Gasteiger charge is 2.54. The minimum absolute atomic E-state index is 0.132. The molecule has 7 aromatic carbocycles. The number of fused-ring (bicyclic) bond motifs is 14. The summed E-state index contributed by atoms with van der Waals surface area (Å²) in [5.41, 5.74) is 18.0. The molecular formula is C65H53N3O. The lowest BCUT2D eigenvalue weighted by molar-refractivity contribution is 0.0305. The van der Waals surface area contributed by atoms with Crippen molar-refractivity contribution in [1.29, 1.82) is 0 Å². The van der Waals surface area contributed by atoms with Gasteiger partial charge in [0.2, 0.25) is 0 Å². The van der Waals surface area contributed by atoms with E-state index in [-0.39, 0.29) is 5.41 Å². The lowest BCUT2D eigenvalue weighted by Crippen LogP contribution is -2.39. The summed E-state index contributed by atoms with van der Waals surface area (Å²) in [4.78, 5) is 16.0. The summed E-state index contributed by atoms with van der Waals surface area (Å²) >= 11 is 0. The van der Waals surface area contributed by atoms with Gasteiger partial charge in [-0.3, -0.25) is 0 Å². The number of aromatic nitrogens is 3. The SMILES string of the molecule is CC1(C)c2ccccc2-c2ccc(-c3nc(C4=CCC(C56CCC7C[C@H](CC7C5)C6)C=C4)nc(-c4ccc(-c5cccc6c5-c5ccccc5C65c6ccccc6Oc6ccccc65)cc4)n3)cc21. The van der Waals surface area contributed by atoms with Gasteiger partial charge in [-0.05, 0) is 148 Å². The van der Waals surface area contributed by atoms with Crippen molar-refractivity contribution in [3.05, 3.63) is 215 Å². The maximum Gasteiger partial charge on any atom is 0.164 e. The van der Waals surface area contributed by atoms with Crippen molar-refractivity contribution in [3.8, 4) is 67.7 Å². The molecule has 3 fully saturated rings. The second-order valence-electron chi connectivity index (χ2n) is 22.0. The standard InChI is InChI=1S/C65H53N3O/c1-63(2)51-15-5-3-12-48(51)49-31-28-44(36-56(49)63)62-67-60(66-61(68-62)42-26-29-46(30-27-42)64-33-32-43-34-39(37-64)35-45(43)38-64)41-24-22-40(23-25-41)47-14-11-19-55-59(47)50-13-4-6-16-52(50)65(55)53-17-7-9-20-57(53)69-58-21-10-8-18-54(58)65/h3-29,31,36,39,43,45-46H,30,32-35,37-38H2,1-2H3/t39-,43?,45?,46?,64?/m1/s1. The van der Waals surface area contributed by atoms with Crippen molar-refractivity contribution in [3.63, 3.8) is 0 Å². The second kappa shape index (κ2) is 14.4. The number of rotatable bonds is 5. The van der Waals surface area contributed by atoms with Crippen molar-refractivity contribution >= 4 is 5.57 Å². The van der Waals surface area contributed by atoms with Gasteiger partial charge in [-0.25, -0.2) is 15.0 Å². The summed E-state index contributed by atoms with van der Waals surface area (Å²) in [6, 6.07) is 57.6. The van der Waals surface area contributed by atoms with Crippen LogP contribution in [0.2, 0.25) is 0 Å². The molecule has 3 bridgehead atoms. The molecule has 4 nitrogen and oxygen atoms in total. The molecule has 0 amide bonds. The van der Waals surface area contributed by atoms with Gasteiger partial charge in [0.1, 0.15) is 11.5 Å². The zero-order valence-electron chi connectivity index (χ0n) is 39.3. The molecule has 4 unspecified atom stereocenters. The largest absolute Gasteiger partial charge is 0.457 e. The molecular weight excluding hydrogens is 839 g/mol. The van der Waals surface area contributed by atoms with Gasteiger partial charge in [0.15, 0.2) is 17.5 Å². The molecule has 7 aliphatic rings. The molecule has 2 heterocycles. The van der Waals surface area contributed by atoms with Gasteiger partial charge in [0.25, 0.3) is 0 Å². The Balaban J connectivity index is 0.835. The van der Waals surface area contributed by atoms with E-state index in [1.807, 2.05) is 0 Å². The van der Waals surface area contributed by atoms with Gasteiger partial charge in [0.05, 0.1) is 5.41 Å². The average Bonchev–Trinajstić information content (AvgIpc) is 3.91. The van der Waals surface area contributed by atoms with Crippen molar-refractivity contribution in [2.75, 3.05) is 0 Å². The van der Waals surface area contributed by atoms with Crippen LogP contribution in [0.1, 0.15) is 98.0 Å². The van der Waals surface area contributed by atoms with Crippen LogP contribution in [0.5, 0.6) is 11.5 Å². The number of nitrogens with zero attached hydrogens (tertiary/aromatic N) is 3. The van der Waals surface area contributed by atoms with Crippen LogP contribution in [-0.4, -0.2) is 15.0 Å². The highest BCUT2D eigenvalue weighted by Crippen LogP contribution is 2.65. The zero-order valence-corrected chi connectivity index (χ0v) is 39.3. The van der Waals surface area contributed by atoms with Gasteiger partial charge in [-0.2, -0.15) is 0 Å². The fraction of sp³-hybridized carbons (Fsp3) is 0.246. The van der Waals surface area contributed by atoms with E-state index in [1.165, 1.54) is 99.7 Å². The second-order valence-corrected chi connectivity index (χ2v) is 22.0. The smallest absolute Gasteiger partial charge is 0.164 e. The molecule has 69 heavy (non-hydrogen) atoms. The Morgan fingerprint density at radius 3 is 1.88 bits per heavy atom. The average molecular weight is 892 g/mol. The quantitative estimate of drug-likeness (QED) is 0.173. The highest BCUT2D eigenvalue weighted by atomic mass is 16.5. The zero-order chi connectivity index (χ0) is 45.6. The maximum atomic E-state index is 6.62. The van der Waals surface area contributed by atoms with E-state index in [4.69, 9.17) is 19.7 Å². The van der Waals surface area contributed by atoms with Crippen LogP contribution in [0.15, 0.2) is 176 Å². The molecule has 0 saturated heterocycles. The summed E-state index contributed by atoms with van der Waals surface area (Å²) in [7, 11) is 0. The van der Waals surface area contributed by atoms with Crippen molar-refractivity contribution in [1.82, 2.24) is 15.0 Å². The van der Waals surface area contributed by atoms with Gasteiger partial charge in [-0.1, -0.05) is 172 Å². The van der Waals surface area contributed by atoms with E-state index in [1.54, 1.807) is 0 Å². The first-order valence-electron chi connectivity index (χ1n) is 25.5. The van der Waals surface area contributed by atoms with Crippen LogP contribution in [0.25, 0.3) is 61.7 Å². The van der Waals surface area contributed by atoms with Gasteiger partial charge in [-0.15, -0.1) is 0 Å². The lowest BCUT2D eigenvalue weighted by atomic mass is 9.55. The van der Waals surface area contributed by atoms with Crippen molar-refractivity contribution < 1.29 is 4.74 Å². The van der Waals surface area contributed by atoms with E-state index in [9.17, 15) is 0 Å². The number of hydrogen-bond acceptors (Lipinski definition) is 4. The Bertz CT molecular complexity index is 3490. The Labute approximate surface area is 404 Å². The first kappa shape index (κ1) is 39.8. The summed E-state index contributed by atoms with van der Waals surface area (Å²) in [6.07, 6.45) is 17.1. The van der Waals surface area contributed by atoms with Crippen molar-refractivity contribution in [2.45, 2.75) is 69.6 Å². The number of allylic oxidation sites excluding steroid dienone is 4. The minimum Gasteiger partial charge on any atom is -0.457 e. The molecule has 0 N–H and O–H groups in total. The normalized spacial score (nSPS) is 24.1. The maximum absolute atomic E-state index is 6.62. The molecule has 0 radical (unpaired) electrons. The van der Waals surface area contributed by atoms with E-state index >= 15 is 0 Å². The third kappa shape index (κ3) is 5.60. The summed E-state index contributed by atoms with van der Waals surface area (Å²) in [5.74, 6) is 7.45. The molecule has 4 heteroatoms. The fourth-order valence-electron chi connectivity index (χ4n) is 15.2. The number of ether oxygens (including phenoxy) is 1. The lowest BCUT2D eigenvalue weighted by Gasteiger charge is -2.49. The summed E-state index contributed by atoms with van der Waals surface area (Å²) in [5, 5.41) is 0. The molecule has 6 aliphatic carbocycles. The van der Waals surface area contributed by atoms with Crippen LogP contribution in [-0.2, 0) is 10.8 Å². The van der Waals surface area contributed by atoms with Gasteiger partial charge < -0.3 is 4.74 Å². The Kier molecular flexibility index (Phi) is 8.32. The fourth-order valence-corrected chi connectivity index (χ4v) is 15.2. The number of hydrogen-bond donors (Lipinski definition) is 0. The first-order chi connectivity index (χ1) is 33.9. The molecule has 15 rings (SSSR count). The van der Waals surface area contributed by atoms with Gasteiger partial charge in [0, 0.05) is 33.2 Å². The van der Waals surface area contributed by atoms with E-state index in [2.05, 4.69) is 190 Å². The molecule has 334 valence electrons. The molecule has 3 saturated carbocycles. The Morgan fingerprint density at radius 1 is 0.507 bits per heavy atom. The minimum atomic E-state index is -0.516. The van der Waals surface area contributed by atoms with Crippen LogP contribution in [0.4, 0.5) is 0 Å².